The quantitative estimate of drug-likeness (QED) is 0.644. The van der Waals surface area contributed by atoms with Crippen molar-refractivity contribution in [3.8, 4) is 0 Å². The molecule has 7 nitrogen and oxygen atoms in total. The zero-order chi connectivity index (χ0) is 22.9. The maximum absolute atomic E-state index is 13.6. The van der Waals surface area contributed by atoms with Gasteiger partial charge in [-0.1, -0.05) is 37.1 Å². The Balaban J connectivity index is 1.66. The molecule has 1 aliphatic carbocycles. The summed E-state index contributed by atoms with van der Waals surface area (Å²) in [6.45, 7) is 0. The van der Waals surface area contributed by atoms with Crippen LogP contribution in [0.5, 0.6) is 0 Å². The molecule has 8 heteroatoms. The number of likely N-dealkylation sites (tertiary alicyclic amines) is 1. The van der Waals surface area contributed by atoms with Gasteiger partial charge in [-0.3, -0.25) is 9.10 Å². The van der Waals surface area contributed by atoms with Crippen molar-refractivity contribution >= 4 is 27.6 Å². The fourth-order valence-corrected chi connectivity index (χ4v) is 6.21. The second kappa shape index (κ2) is 8.94. The van der Waals surface area contributed by atoms with Gasteiger partial charge in [0.25, 0.3) is 15.9 Å². The SMILES string of the molecule is COC(=O)C1CC2CCCCC2N1C(=O)c1cccc(S(=O)(=O)N(C)c2ccccc2)c1. The lowest BCUT2D eigenvalue weighted by atomic mass is 9.84. The highest BCUT2D eigenvalue weighted by molar-refractivity contribution is 7.92. The van der Waals surface area contributed by atoms with Gasteiger partial charge < -0.3 is 9.64 Å². The van der Waals surface area contributed by atoms with Crippen LogP contribution in [0.4, 0.5) is 5.69 Å². The third-order valence-corrected chi connectivity index (χ3v) is 8.44. The average Bonchev–Trinajstić information content (AvgIpc) is 3.22. The minimum absolute atomic E-state index is 0.0207. The molecule has 3 unspecified atom stereocenters. The van der Waals surface area contributed by atoms with E-state index in [2.05, 4.69) is 0 Å². The van der Waals surface area contributed by atoms with Gasteiger partial charge in [-0.05, 0) is 55.5 Å². The highest BCUT2D eigenvalue weighted by Gasteiger charge is 2.48. The summed E-state index contributed by atoms with van der Waals surface area (Å²) >= 11 is 0. The van der Waals surface area contributed by atoms with Gasteiger partial charge in [0, 0.05) is 18.7 Å². The topological polar surface area (TPSA) is 84.0 Å². The summed E-state index contributed by atoms with van der Waals surface area (Å²) in [4.78, 5) is 27.7. The summed E-state index contributed by atoms with van der Waals surface area (Å²) in [6, 6.07) is 14.2. The first-order valence-electron chi connectivity index (χ1n) is 10.9. The number of amides is 1. The Morgan fingerprint density at radius 2 is 1.75 bits per heavy atom. The van der Waals surface area contributed by atoms with E-state index in [0.29, 0.717) is 12.1 Å². The average molecular weight is 457 g/mol. The number of carbonyl (C=O) groups is 2. The fraction of sp³-hybridized carbons (Fsp3) is 0.417. The van der Waals surface area contributed by atoms with Gasteiger partial charge in [-0.15, -0.1) is 0 Å². The normalized spacial score (nSPS) is 22.8. The van der Waals surface area contributed by atoms with E-state index in [1.54, 1.807) is 41.3 Å². The summed E-state index contributed by atoms with van der Waals surface area (Å²) in [5.41, 5.74) is 0.784. The second-order valence-corrected chi connectivity index (χ2v) is 10.4. The number of carbonyl (C=O) groups excluding carboxylic acids is 2. The Morgan fingerprint density at radius 3 is 2.47 bits per heavy atom. The Kier molecular flexibility index (Phi) is 6.24. The first-order chi connectivity index (χ1) is 15.3. The lowest BCUT2D eigenvalue weighted by Crippen LogP contribution is -2.46. The lowest BCUT2D eigenvalue weighted by molar-refractivity contribution is -0.145. The number of nitrogens with zero attached hydrogens (tertiary/aromatic N) is 2. The van der Waals surface area contributed by atoms with Crippen LogP contribution in [0.3, 0.4) is 0 Å². The van der Waals surface area contributed by atoms with Gasteiger partial charge in [0.15, 0.2) is 0 Å². The molecule has 0 bridgehead atoms. The highest BCUT2D eigenvalue weighted by atomic mass is 32.2. The van der Waals surface area contributed by atoms with Crippen molar-refractivity contribution in [1.82, 2.24) is 4.90 Å². The van der Waals surface area contributed by atoms with E-state index in [9.17, 15) is 18.0 Å². The Morgan fingerprint density at radius 1 is 1.03 bits per heavy atom. The van der Waals surface area contributed by atoms with E-state index < -0.39 is 22.0 Å². The van der Waals surface area contributed by atoms with Gasteiger partial charge in [0.1, 0.15) is 6.04 Å². The smallest absolute Gasteiger partial charge is 0.328 e. The minimum Gasteiger partial charge on any atom is -0.467 e. The van der Waals surface area contributed by atoms with Crippen molar-refractivity contribution in [3.05, 3.63) is 60.2 Å². The second-order valence-electron chi connectivity index (χ2n) is 8.43. The fourth-order valence-electron chi connectivity index (χ4n) is 4.97. The molecule has 2 aliphatic rings. The molecule has 4 rings (SSSR count). The minimum atomic E-state index is -3.86. The van der Waals surface area contributed by atoms with Crippen LogP contribution in [-0.4, -0.2) is 51.4 Å². The number of para-hydroxylation sites is 1. The number of hydrogen-bond donors (Lipinski definition) is 0. The van der Waals surface area contributed by atoms with Crippen LogP contribution in [-0.2, 0) is 19.6 Å². The number of benzene rings is 2. The van der Waals surface area contributed by atoms with Gasteiger partial charge in [-0.2, -0.15) is 0 Å². The molecule has 0 aromatic heterocycles. The monoisotopic (exact) mass is 456 g/mol. The lowest BCUT2D eigenvalue weighted by Gasteiger charge is -2.33. The van der Waals surface area contributed by atoms with Crippen molar-refractivity contribution in [2.24, 2.45) is 5.92 Å². The van der Waals surface area contributed by atoms with E-state index >= 15 is 0 Å². The summed E-state index contributed by atoms with van der Waals surface area (Å²) < 4.78 is 32.6. The number of rotatable bonds is 5. The van der Waals surface area contributed by atoms with E-state index in [4.69, 9.17) is 4.74 Å². The van der Waals surface area contributed by atoms with Gasteiger partial charge in [0.2, 0.25) is 0 Å². The number of fused-ring (bicyclic) bond motifs is 1. The molecule has 1 amide bonds. The van der Waals surface area contributed by atoms with Crippen molar-refractivity contribution in [2.45, 2.75) is 49.1 Å². The summed E-state index contributed by atoms with van der Waals surface area (Å²) in [5.74, 6) is -0.470. The maximum Gasteiger partial charge on any atom is 0.328 e. The number of sulfonamides is 1. The predicted molar refractivity (Wildman–Crippen MR) is 121 cm³/mol. The zero-order valence-corrected chi connectivity index (χ0v) is 19.1. The molecule has 1 saturated carbocycles. The molecule has 3 atom stereocenters. The van der Waals surface area contributed by atoms with Crippen LogP contribution in [0, 0.1) is 5.92 Å². The molecule has 1 heterocycles. The van der Waals surface area contributed by atoms with Crippen LogP contribution in [0.2, 0.25) is 0 Å². The largest absolute Gasteiger partial charge is 0.467 e. The van der Waals surface area contributed by atoms with Crippen LogP contribution in [0.15, 0.2) is 59.5 Å². The number of hydrogen-bond acceptors (Lipinski definition) is 5. The summed E-state index contributed by atoms with van der Waals surface area (Å²) in [6.07, 6.45) is 4.53. The third kappa shape index (κ3) is 3.99. The molecular weight excluding hydrogens is 428 g/mol. The van der Waals surface area contributed by atoms with Crippen LogP contribution in [0.1, 0.15) is 42.5 Å². The van der Waals surface area contributed by atoms with Crippen LogP contribution in [0.25, 0.3) is 0 Å². The van der Waals surface area contributed by atoms with Gasteiger partial charge in [0.05, 0.1) is 17.7 Å². The molecule has 1 saturated heterocycles. The number of methoxy groups -OCH3 is 1. The Labute approximate surface area is 189 Å². The summed E-state index contributed by atoms with van der Waals surface area (Å²) in [7, 11) is -1.04. The van der Waals surface area contributed by atoms with Gasteiger partial charge in [-0.25, -0.2) is 13.2 Å². The molecule has 2 aromatic rings. The first kappa shape index (κ1) is 22.3. The maximum atomic E-state index is 13.6. The van der Waals surface area contributed by atoms with Crippen molar-refractivity contribution in [2.75, 3.05) is 18.5 Å². The number of esters is 1. The summed E-state index contributed by atoms with van der Waals surface area (Å²) in [5, 5.41) is 0. The number of ether oxygens (including phenoxy) is 1. The Bertz CT molecular complexity index is 1100. The standard InChI is InChI=1S/C24H28N2O5S/c1-25(19-11-4-3-5-12-19)32(29,30)20-13-8-10-18(15-20)23(27)26-21-14-7-6-9-17(21)16-22(26)24(28)31-2/h3-5,8,10-13,15,17,21-22H,6-7,9,14,16H2,1-2H3. The molecule has 170 valence electrons. The molecule has 0 N–H and O–H groups in total. The zero-order valence-electron chi connectivity index (χ0n) is 18.3. The Hall–Kier alpha value is -2.87. The molecule has 32 heavy (non-hydrogen) atoms. The van der Waals surface area contributed by atoms with Crippen molar-refractivity contribution in [1.29, 1.82) is 0 Å². The first-order valence-corrected chi connectivity index (χ1v) is 12.3. The molecule has 0 spiro atoms. The molecule has 0 radical (unpaired) electrons. The van der Waals surface area contributed by atoms with E-state index in [1.165, 1.54) is 30.6 Å². The van der Waals surface area contributed by atoms with E-state index in [1.807, 2.05) is 6.07 Å². The van der Waals surface area contributed by atoms with Crippen molar-refractivity contribution < 1.29 is 22.7 Å². The van der Waals surface area contributed by atoms with Crippen LogP contribution >= 0.6 is 0 Å². The van der Waals surface area contributed by atoms with Crippen molar-refractivity contribution in [3.63, 3.8) is 0 Å². The molecule has 1 aliphatic heterocycles. The molecular formula is C24H28N2O5S. The van der Waals surface area contributed by atoms with Crippen LogP contribution < -0.4 is 4.31 Å². The predicted octanol–water partition coefficient (Wildman–Crippen LogP) is 3.46. The highest BCUT2D eigenvalue weighted by Crippen LogP contribution is 2.41. The van der Waals surface area contributed by atoms with E-state index in [0.717, 1.165) is 25.7 Å². The van der Waals surface area contributed by atoms with Gasteiger partial charge >= 0.3 is 5.97 Å². The van der Waals surface area contributed by atoms with E-state index in [-0.39, 0.29) is 28.3 Å². The third-order valence-electron chi connectivity index (χ3n) is 6.66. The number of anilines is 1. The molecule has 2 aromatic carbocycles. The molecule has 2 fully saturated rings.